The molecule has 4 N–H and O–H groups in total. The maximum absolute atomic E-state index is 16.5. The molecule has 5 rings (SSSR count). The number of carbonyl (C=O) groups excluding carboxylic acids is 1. The molecule has 1 fully saturated rings. The first-order valence-electron chi connectivity index (χ1n) is 13.0. The van der Waals surface area contributed by atoms with Gasteiger partial charge in [-0.2, -0.15) is 15.1 Å². The van der Waals surface area contributed by atoms with Crippen molar-refractivity contribution in [3.05, 3.63) is 48.8 Å². The number of aliphatic hydroxyl groups is 1. The first-order chi connectivity index (χ1) is 21.0. The number of aliphatic hydroxyl groups excluding tert-OH is 1. The molecule has 1 saturated heterocycles. The number of alkyl halides is 1. The van der Waals surface area contributed by atoms with E-state index in [0.717, 1.165) is 17.1 Å². The van der Waals surface area contributed by atoms with Gasteiger partial charge in [0.1, 0.15) is 24.0 Å². The first kappa shape index (κ1) is 31.4. The SMILES string of the molecule is COC(=O)[C@H](C)NP(=O)(OC[C@H]1O[C@@H](n2cnc3c(OC)nc(N)nc32)[C@@](F)(C#CCl)[C@@H]1O)Oc1cccc2ccccc12. The van der Waals surface area contributed by atoms with Crippen molar-refractivity contribution in [3.63, 3.8) is 0 Å². The number of nitrogens with zero attached hydrogens (tertiary/aromatic N) is 4. The van der Waals surface area contributed by atoms with Gasteiger partial charge in [-0.25, -0.2) is 13.9 Å². The Morgan fingerprint density at radius 1 is 1.30 bits per heavy atom. The number of hydrogen-bond donors (Lipinski definition) is 3. The van der Waals surface area contributed by atoms with Crippen LogP contribution in [0.25, 0.3) is 21.9 Å². The van der Waals surface area contributed by atoms with Crippen LogP contribution in [0.1, 0.15) is 13.2 Å². The molecule has 2 aromatic heterocycles. The molecule has 6 atom stereocenters. The summed E-state index contributed by atoms with van der Waals surface area (Å²) in [7, 11) is -1.94. The fraction of sp³-hybridized carbons (Fsp3) is 0.333. The number of nitrogens with one attached hydrogen (secondary N) is 1. The van der Waals surface area contributed by atoms with Crippen LogP contribution in [0.5, 0.6) is 11.6 Å². The number of benzene rings is 2. The van der Waals surface area contributed by atoms with Crippen molar-refractivity contribution >= 4 is 53.2 Å². The number of fused-ring (bicyclic) bond motifs is 2. The van der Waals surface area contributed by atoms with Gasteiger partial charge in [0.05, 0.1) is 27.2 Å². The summed E-state index contributed by atoms with van der Waals surface area (Å²) >= 11 is 5.58. The van der Waals surface area contributed by atoms with Crippen molar-refractivity contribution in [3.8, 4) is 22.9 Å². The minimum absolute atomic E-state index is 0.0186. The van der Waals surface area contributed by atoms with Crippen molar-refractivity contribution in [1.29, 1.82) is 0 Å². The number of nitrogen functional groups attached to an aromatic ring is 1. The maximum Gasteiger partial charge on any atom is 0.459 e. The largest absolute Gasteiger partial charge is 0.479 e. The fourth-order valence-corrected chi connectivity index (χ4v) is 6.38. The number of hydrogen-bond acceptors (Lipinski definition) is 12. The Morgan fingerprint density at radius 3 is 2.77 bits per heavy atom. The summed E-state index contributed by atoms with van der Waals surface area (Å²) in [5.41, 5.74) is 3.11. The summed E-state index contributed by atoms with van der Waals surface area (Å²) in [4.78, 5) is 24.4. The van der Waals surface area contributed by atoms with Gasteiger partial charge >= 0.3 is 13.7 Å². The van der Waals surface area contributed by atoms with E-state index in [1.165, 1.54) is 20.4 Å². The van der Waals surface area contributed by atoms with Crippen molar-refractivity contribution in [1.82, 2.24) is 24.6 Å². The molecule has 14 nitrogen and oxygen atoms in total. The average molecular weight is 649 g/mol. The van der Waals surface area contributed by atoms with Gasteiger partial charge in [0.25, 0.3) is 0 Å². The highest BCUT2D eigenvalue weighted by atomic mass is 35.5. The molecule has 2 aromatic carbocycles. The molecule has 4 aromatic rings. The second-order valence-corrected chi connectivity index (χ2v) is 11.5. The molecule has 0 saturated carbocycles. The Hall–Kier alpha value is -4.03. The quantitative estimate of drug-likeness (QED) is 0.130. The number of esters is 1. The lowest BCUT2D eigenvalue weighted by Gasteiger charge is -2.25. The van der Waals surface area contributed by atoms with E-state index in [1.54, 1.807) is 24.3 Å². The zero-order valence-corrected chi connectivity index (χ0v) is 25.2. The number of rotatable bonds is 10. The standard InChI is InChI=1S/C27H27ClFN6O8P/c1-15(24(37)40-3)34-44(38,43-18-10-6-8-16-7-4-5-9-17(16)18)41-13-19-21(36)27(29,11-12-28)25(42-19)35-14-31-20-22(35)32-26(30)33-23(20)39-2/h4-10,14-15,19,21,25,36H,13H2,1-3H3,(H,34,38)(H2,30,32,33)/t15-,19+,21+,25+,27+,44?/m0/s1. The van der Waals surface area contributed by atoms with Gasteiger partial charge in [-0.1, -0.05) is 36.4 Å². The molecule has 1 aliphatic heterocycles. The van der Waals surface area contributed by atoms with Gasteiger partial charge in [-0.05, 0) is 35.9 Å². The summed E-state index contributed by atoms with van der Waals surface area (Å²) in [6.45, 7) is 0.698. The van der Waals surface area contributed by atoms with Crippen LogP contribution in [0.4, 0.5) is 10.3 Å². The molecule has 1 unspecified atom stereocenters. The lowest BCUT2D eigenvalue weighted by atomic mass is 9.97. The second kappa shape index (κ2) is 12.5. The number of nitrogens with two attached hydrogens (primary N) is 1. The highest BCUT2D eigenvalue weighted by Crippen LogP contribution is 2.49. The number of aromatic nitrogens is 4. The predicted molar refractivity (Wildman–Crippen MR) is 156 cm³/mol. The van der Waals surface area contributed by atoms with Gasteiger partial charge in [0.2, 0.25) is 17.5 Å². The molecule has 232 valence electrons. The average Bonchev–Trinajstić information content (AvgIpc) is 3.53. The van der Waals surface area contributed by atoms with Gasteiger partial charge in [-0.15, -0.1) is 0 Å². The molecular weight excluding hydrogens is 622 g/mol. The maximum atomic E-state index is 16.5. The topological polar surface area (TPSA) is 182 Å². The Kier molecular flexibility index (Phi) is 8.94. The fourth-order valence-electron chi connectivity index (χ4n) is 4.72. The normalized spacial score (nSPS) is 23.5. The molecule has 0 bridgehead atoms. The predicted octanol–water partition coefficient (Wildman–Crippen LogP) is 3.09. The Labute approximate surface area is 255 Å². The molecular formula is C27H27ClFN6O8P. The van der Waals surface area contributed by atoms with E-state index >= 15 is 4.39 Å². The van der Waals surface area contributed by atoms with Crippen LogP contribution in [0.2, 0.25) is 0 Å². The van der Waals surface area contributed by atoms with Crippen molar-refractivity contribution < 1.29 is 42.1 Å². The van der Waals surface area contributed by atoms with Gasteiger partial charge < -0.3 is 29.6 Å². The number of carbonyl (C=O) groups is 1. The Bertz CT molecular complexity index is 1810. The van der Waals surface area contributed by atoms with Crippen LogP contribution in [-0.2, 0) is 23.4 Å². The van der Waals surface area contributed by atoms with Crippen LogP contribution in [0.3, 0.4) is 0 Å². The zero-order chi connectivity index (χ0) is 31.6. The van der Waals surface area contributed by atoms with Crippen LogP contribution < -0.4 is 20.1 Å². The monoisotopic (exact) mass is 648 g/mol. The van der Waals surface area contributed by atoms with Crippen molar-refractivity contribution in [2.45, 2.75) is 37.1 Å². The zero-order valence-electron chi connectivity index (χ0n) is 23.5. The Morgan fingerprint density at radius 2 is 2.05 bits per heavy atom. The summed E-state index contributed by atoms with van der Waals surface area (Å²) in [5.74, 6) is 1.39. The summed E-state index contributed by atoms with van der Waals surface area (Å²) in [6.07, 6.45) is -3.97. The lowest BCUT2D eigenvalue weighted by Crippen LogP contribution is -2.42. The van der Waals surface area contributed by atoms with Gasteiger partial charge in [-0.3, -0.25) is 13.9 Å². The highest BCUT2D eigenvalue weighted by Gasteiger charge is 2.58. The molecule has 0 spiro atoms. The van der Waals surface area contributed by atoms with E-state index < -0.39 is 50.5 Å². The number of anilines is 1. The second-order valence-electron chi connectivity index (χ2n) is 9.61. The highest BCUT2D eigenvalue weighted by molar-refractivity contribution is 7.52. The van der Waals surface area contributed by atoms with Crippen LogP contribution in [0, 0.1) is 11.3 Å². The third-order valence-corrected chi connectivity index (χ3v) is 8.54. The minimum atomic E-state index is -4.44. The smallest absolute Gasteiger partial charge is 0.459 e. The Balaban J connectivity index is 1.46. The van der Waals surface area contributed by atoms with Crippen LogP contribution in [0.15, 0.2) is 48.8 Å². The molecule has 17 heteroatoms. The van der Waals surface area contributed by atoms with Crippen molar-refractivity contribution in [2.75, 3.05) is 26.6 Å². The van der Waals surface area contributed by atoms with E-state index in [2.05, 4.69) is 26.0 Å². The third-order valence-electron chi connectivity index (χ3n) is 6.82. The van der Waals surface area contributed by atoms with E-state index in [0.29, 0.717) is 5.39 Å². The number of ether oxygens (including phenoxy) is 3. The lowest BCUT2D eigenvalue weighted by molar-refractivity contribution is -0.142. The van der Waals surface area contributed by atoms with E-state index in [1.807, 2.05) is 23.6 Å². The van der Waals surface area contributed by atoms with Crippen LogP contribution >= 0.6 is 19.3 Å². The minimum Gasteiger partial charge on any atom is -0.479 e. The van der Waals surface area contributed by atoms with Crippen molar-refractivity contribution in [2.24, 2.45) is 0 Å². The number of methoxy groups -OCH3 is 2. The number of halogens is 2. The molecule has 44 heavy (non-hydrogen) atoms. The molecule has 0 aliphatic carbocycles. The number of imidazole rings is 1. The summed E-state index contributed by atoms with van der Waals surface area (Å²) < 4.78 is 59.0. The third kappa shape index (κ3) is 5.88. The van der Waals surface area contributed by atoms with Gasteiger partial charge in [0.15, 0.2) is 17.4 Å². The van der Waals surface area contributed by atoms with E-state index in [4.69, 9.17) is 40.6 Å². The summed E-state index contributed by atoms with van der Waals surface area (Å²) in [5, 5.41) is 16.9. The first-order valence-corrected chi connectivity index (χ1v) is 14.9. The van der Waals surface area contributed by atoms with E-state index in [9.17, 15) is 14.5 Å². The molecule has 0 amide bonds. The summed E-state index contributed by atoms with van der Waals surface area (Å²) in [6, 6.07) is 11.1. The van der Waals surface area contributed by atoms with Gasteiger partial charge in [0, 0.05) is 10.8 Å². The van der Waals surface area contributed by atoms with E-state index in [-0.39, 0.29) is 28.7 Å². The van der Waals surface area contributed by atoms with Crippen LogP contribution in [-0.4, -0.2) is 75.3 Å². The molecule has 0 radical (unpaired) electrons. The molecule has 1 aliphatic rings. The molecule has 3 heterocycles.